The summed E-state index contributed by atoms with van der Waals surface area (Å²) in [5.74, 6) is 0.0781. The van der Waals surface area contributed by atoms with Crippen LogP contribution in [-0.2, 0) is 6.54 Å². The van der Waals surface area contributed by atoms with Crippen LogP contribution in [0.15, 0.2) is 59.6 Å². The van der Waals surface area contributed by atoms with E-state index >= 15 is 0 Å². The van der Waals surface area contributed by atoms with Gasteiger partial charge in [0.05, 0.1) is 42.8 Å². The highest BCUT2D eigenvalue weighted by Gasteiger charge is 2.17. The molecule has 1 aromatic carbocycles. The molecule has 0 saturated carbocycles. The minimum atomic E-state index is 0.0781. The van der Waals surface area contributed by atoms with Crippen molar-refractivity contribution in [1.82, 2.24) is 9.55 Å². The number of ketones is 1. The van der Waals surface area contributed by atoms with E-state index in [0.717, 1.165) is 35.7 Å². The summed E-state index contributed by atoms with van der Waals surface area (Å²) in [7, 11) is 3.64. The molecule has 3 rings (SSSR count). The van der Waals surface area contributed by atoms with Crippen LogP contribution in [-0.4, -0.2) is 48.0 Å². The number of carbonyl (C=O) groups excluding carboxylic acids is 1. The smallest absolute Gasteiger partial charge is 0.159 e. The van der Waals surface area contributed by atoms with Gasteiger partial charge in [-0.2, -0.15) is 0 Å². The first-order valence-electron chi connectivity index (χ1n) is 9.54. The van der Waals surface area contributed by atoms with Crippen LogP contribution in [0, 0.1) is 0 Å². The van der Waals surface area contributed by atoms with E-state index in [9.17, 15) is 4.79 Å². The minimum Gasteiger partial charge on any atom is -0.390 e. The van der Waals surface area contributed by atoms with Gasteiger partial charge in [-0.1, -0.05) is 19.9 Å². The summed E-state index contributed by atoms with van der Waals surface area (Å²) in [5, 5.41) is 0. The van der Waals surface area contributed by atoms with Crippen LogP contribution in [0.25, 0.3) is 0 Å². The third kappa shape index (κ3) is 9.01. The van der Waals surface area contributed by atoms with Crippen molar-refractivity contribution in [1.29, 1.82) is 0 Å². The highest BCUT2D eigenvalue weighted by Crippen LogP contribution is 2.32. The lowest BCUT2D eigenvalue weighted by atomic mass is 10.1. The van der Waals surface area contributed by atoms with Gasteiger partial charge < -0.3 is 15.2 Å². The van der Waals surface area contributed by atoms with Crippen molar-refractivity contribution in [2.45, 2.75) is 34.2 Å². The highest BCUT2D eigenvalue weighted by molar-refractivity contribution is 5.99. The van der Waals surface area contributed by atoms with E-state index in [0.29, 0.717) is 0 Å². The summed E-state index contributed by atoms with van der Waals surface area (Å²) in [5.41, 5.74) is 8.46. The zero-order chi connectivity index (χ0) is 22.2. The van der Waals surface area contributed by atoms with E-state index in [4.69, 9.17) is 5.73 Å². The third-order valence-corrected chi connectivity index (χ3v) is 3.56. The Morgan fingerprint density at radius 3 is 2.48 bits per heavy atom. The fourth-order valence-electron chi connectivity index (χ4n) is 2.38. The van der Waals surface area contributed by atoms with Crippen LogP contribution in [0.5, 0.6) is 0 Å². The number of benzene rings is 1. The fourth-order valence-corrected chi connectivity index (χ4v) is 2.38. The standard InChI is InChI=1S/C15H16N4O.C3H6.C2H6N2.C2H6/c1-11(20)12-3-4-14-15(7-12)18(2)8-13(17-14)9-19-6-5-16-10-19;1-3-2;1-4-2-3;1-2/h3-7,10H,8-9H2,1-2H3;3H,1H2,2H3;2H,1H3,(H2,3,4);1-2H3. The van der Waals surface area contributed by atoms with Crippen LogP contribution in [0.3, 0.4) is 0 Å². The Hall–Kier alpha value is -3.22. The number of aliphatic imine (C=N–C) groups is 2. The molecule has 1 aliphatic rings. The molecule has 1 aliphatic heterocycles. The van der Waals surface area contributed by atoms with E-state index < -0.39 is 0 Å². The summed E-state index contributed by atoms with van der Waals surface area (Å²) >= 11 is 0. The van der Waals surface area contributed by atoms with Crippen molar-refractivity contribution in [2.24, 2.45) is 15.7 Å². The van der Waals surface area contributed by atoms with E-state index in [1.54, 1.807) is 32.6 Å². The lowest BCUT2D eigenvalue weighted by Crippen LogP contribution is -2.31. The van der Waals surface area contributed by atoms with Gasteiger partial charge in [0.2, 0.25) is 0 Å². The quantitative estimate of drug-likeness (QED) is 0.364. The Kier molecular flexibility index (Phi) is 13.1. The van der Waals surface area contributed by atoms with Crippen molar-refractivity contribution < 1.29 is 4.79 Å². The SMILES string of the molecule is C=CC.CC.CC(=O)c1ccc2c(c1)N(C)CC(Cn1ccnc1)=N2.CN=CN. The molecular formula is C22H34N6O. The van der Waals surface area contributed by atoms with Crippen LogP contribution in [0.1, 0.15) is 38.1 Å². The van der Waals surface area contributed by atoms with Crippen molar-refractivity contribution in [3.8, 4) is 0 Å². The molecule has 2 N–H and O–H groups in total. The van der Waals surface area contributed by atoms with Gasteiger partial charge in [-0.05, 0) is 32.0 Å². The molecular weight excluding hydrogens is 364 g/mol. The number of anilines is 1. The van der Waals surface area contributed by atoms with Gasteiger partial charge in [0.25, 0.3) is 0 Å². The van der Waals surface area contributed by atoms with Gasteiger partial charge >= 0.3 is 0 Å². The molecule has 0 amide bonds. The number of nitrogens with two attached hydrogens (primary N) is 1. The van der Waals surface area contributed by atoms with Crippen LogP contribution >= 0.6 is 0 Å². The zero-order valence-corrected chi connectivity index (χ0v) is 18.5. The molecule has 7 nitrogen and oxygen atoms in total. The number of rotatable bonds is 3. The summed E-state index contributed by atoms with van der Waals surface area (Å²) in [6.07, 6.45) is 8.48. The molecule has 1 aromatic heterocycles. The number of carbonyl (C=O) groups is 1. The summed E-state index contributed by atoms with van der Waals surface area (Å²) in [6, 6.07) is 5.66. The molecule has 0 fully saturated rings. The maximum absolute atomic E-state index is 11.4. The number of fused-ring (bicyclic) bond motifs is 1. The molecule has 0 bridgehead atoms. The largest absolute Gasteiger partial charge is 0.390 e. The Bertz CT molecular complexity index is 790. The Balaban J connectivity index is 0.000000750. The van der Waals surface area contributed by atoms with Gasteiger partial charge in [0.15, 0.2) is 5.78 Å². The highest BCUT2D eigenvalue weighted by atomic mass is 16.1. The Labute approximate surface area is 174 Å². The van der Waals surface area contributed by atoms with Gasteiger partial charge in [-0.15, -0.1) is 6.58 Å². The fraction of sp³-hybridized carbons (Fsp3) is 0.364. The average Bonchev–Trinajstić information content (AvgIpc) is 3.23. The molecule has 0 aliphatic carbocycles. The predicted molar refractivity (Wildman–Crippen MR) is 125 cm³/mol. The third-order valence-electron chi connectivity index (χ3n) is 3.56. The maximum Gasteiger partial charge on any atom is 0.159 e. The molecule has 7 heteroatoms. The molecule has 0 saturated heterocycles. The van der Waals surface area contributed by atoms with E-state index in [1.165, 1.54) is 6.34 Å². The van der Waals surface area contributed by atoms with Crippen LogP contribution in [0.4, 0.5) is 11.4 Å². The van der Waals surface area contributed by atoms with Crippen molar-refractivity contribution in [2.75, 3.05) is 25.5 Å². The average molecular weight is 399 g/mol. The molecule has 2 heterocycles. The van der Waals surface area contributed by atoms with Crippen LogP contribution < -0.4 is 10.6 Å². The van der Waals surface area contributed by atoms with E-state index in [1.807, 2.05) is 56.8 Å². The first-order valence-corrected chi connectivity index (χ1v) is 9.54. The van der Waals surface area contributed by atoms with E-state index in [-0.39, 0.29) is 5.78 Å². The van der Waals surface area contributed by atoms with Crippen molar-refractivity contribution in [3.05, 3.63) is 55.1 Å². The Morgan fingerprint density at radius 1 is 1.38 bits per heavy atom. The van der Waals surface area contributed by atoms with Gasteiger partial charge in [0.1, 0.15) is 0 Å². The van der Waals surface area contributed by atoms with Gasteiger partial charge in [-0.25, -0.2) is 4.98 Å². The molecule has 0 spiro atoms. The van der Waals surface area contributed by atoms with Gasteiger partial charge in [-0.3, -0.25) is 14.8 Å². The normalized spacial score (nSPS) is 11.5. The molecule has 0 atom stereocenters. The molecule has 158 valence electrons. The maximum atomic E-state index is 11.4. The number of aromatic nitrogens is 2. The lowest BCUT2D eigenvalue weighted by molar-refractivity contribution is 0.101. The second kappa shape index (κ2) is 14.8. The lowest BCUT2D eigenvalue weighted by Gasteiger charge is -2.27. The summed E-state index contributed by atoms with van der Waals surface area (Å²) in [4.78, 5) is 25.7. The predicted octanol–water partition coefficient (Wildman–Crippen LogP) is 4.13. The topological polar surface area (TPSA) is 88.9 Å². The first kappa shape index (κ1) is 25.8. The summed E-state index contributed by atoms with van der Waals surface area (Å²) < 4.78 is 2.00. The second-order valence-corrected chi connectivity index (χ2v) is 5.84. The Morgan fingerprint density at radius 2 is 2.00 bits per heavy atom. The minimum absolute atomic E-state index is 0.0781. The number of nitrogens with zero attached hydrogens (tertiary/aromatic N) is 5. The second-order valence-electron chi connectivity index (χ2n) is 5.84. The molecule has 0 unspecified atom stereocenters. The van der Waals surface area contributed by atoms with E-state index in [2.05, 4.69) is 26.4 Å². The number of allylic oxidation sites excluding steroid dienone is 1. The van der Waals surface area contributed by atoms with Crippen molar-refractivity contribution >= 4 is 29.2 Å². The van der Waals surface area contributed by atoms with Crippen LogP contribution in [0.2, 0.25) is 0 Å². The zero-order valence-electron chi connectivity index (χ0n) is 18.5. The molecule has 2 aromatic rings. The molecule has 29 heavy (non-hydrogen) atoms. The van der Waals surface area contributed by atoms with Gasteiger partial charge in [0, 0.05) is 32.1 Å². The monoisotopic (exact) mass is 398 g/mol. The molecule has 0 radical (unpaired) electrons. The number of hydrogen-bond donors (Lipinski definition) is 1. The summed E-state index contributed by atoms with van der Waals surface area (Å²) in [6.45, 7) is 12.3. The number of imidazole rings is 1. The number of Topliss-reactive ketones (excluding diaryl/α,β-unsaturated/α-hetero) is 1. The van der Waals surface area contributed by atoms with Crippen molar-refractivity contribution in [3.63, 3.8) is 0 Å². The first-order chi connectivity index (χ1) is 14.0. The number of hydrogen-bond acceptors (Lipinski definition) is 5.